The number of urea groups is 1. The first kappa shape index (κ1) is 19.7. The van der Waals surface area contributed by atoms with Gasteiger partial charge in [-0.05, 0) is 55.3 Å². The van der Waals surface area contributed by atoms with E-state index in [4.69, 9.17) is 0 Å². The van der Waals surface area contributed by atoms with Crippen molar-refractivity contribution in [2.24, 2.45) is 0 Å². The lowest BCUT2D eigenvalue weighted by Gasteiger charge is -2.11. The number of amides is 3. The van der Waals surface area contributed by atoms with Crippen LogP contribution >= 0.6 is 23.1 Å². The molecule has 0 atom stereocenters. The molecule has 0 saturated heterocycles. The Morgan fingerprint density at radius 2 is 2.03 bits per heavy atom. The molecule has 4 rings (SSSR count). The highest BCUT2D eigenvalue weighted by atomic mass is 32.2. The van der Waals surface area contributed by atoms with Gasteiger partial charge >= 0.3 is 6.03 Å². The molecule has 1 fully saturated rings. The van der Waals surface area contributed by atoms with Crippen LogP contribution in [0.2, 0.25) is 0 Å². The van der Waals surface area contributed by atoms with Crippen molar-refractivity contribution in [2.75, 3.05) is 11.1 Å². The van der Waals surface area contributed by atoms with Crippen LogP contribution in [-0.2, 0) is 4.79 Å². The Labute approximate surface area is 176 Å². The molecule has 0 unspecified atom stereocenters. The number of rotatable bonds is 6. The van der Waals surface area contributed by atoms with Gasteiger partial charge in [0, 0.05) is 11.7 Å². The topological polar surface area (TPSA) is 88.9 Å². The van der Waals surface area contributed by atoms with Crippen LogP contribution in [0.4, 0.5) is 10.5 Å². The first-order valence-corrected chi connectivity index (χ1v) is 11.2. The van der Waals surface area contributed by atoms with Crippen LogP contribution in [0.1, 0.15) is 30.0 Å². The zero-order valence-electron chi connectivity index (χ0n) is 16.1. The molecule has 9 heteroatoms. The number of nitrogens with zero attached hydrogens (tertiary/aromatic N) is 3. The highest BCUT2D eigenvalue weighted by Gasteiger charge is 2.30. The summed E-state index contributed by atoms with van der Waals surface area (Å²) in [4.78, 5) is 25.5. The summed E-state index contributed by atoms with van der Waals surface area (Å²) in [6, 6.07) is 9.51. The molecule has 0 radical (unpaired) electrons. The van der Waals surface area contributed by atoms with E-state index in [0.29, 0.717) is 16.9 Å². The number of nitrogens with one attached hydrogen (secondary N) is 2. The fourth-order valence-electron chi connectivity index (χ4n) is 2.94. The van der Waals surface area contributed by atoms with Gasteiger partial charge in [0.25, 0.3) is 0 Å². The first-order valence-electron chi connectivity index (χ1n) is 9.31. The summed E-state index contributed by atoms with van der Waals surface area (Å²) in [7, 11) is 0. The number of anilines is 1. The van der Waals surface area contributed by atoms with Crippen LogP contribution in [0, 0.1) is 13.8 Å². The maximum Gasteiger partial charge on any atom is 0.325 e. The average Bonchev–Trinajstić information content (AvgIpc) is 3.21. The Morgan fingerprint density at radius 3 is 2.76 bits per heavy atom. The standard InChI is InChI=1S/C20H21N5O2S2/c1-12-5-3-6-15(13(12)2)21-19(27)22-17(26)11-29-20-24-23-18(16-7-4-10-28-16)25(20)14-8-9-14/h3-7,10,14H,8-9,11H2,1-2H3,(H2,21,22,26,27). The number of hydrogen-bond donors (Lipinski definition) is 2. The molecular weight excluding hydrogens is 406 g/mol. The summed E-state index contributed by atoms with van der Waals surface area (Å²) in [6.07, 6.45) is 2.18. The molecule has 0 spiro atoms. The van der Waals surface area contributed by atoms with E-state index in [-0.39, 0.29) is 11.7 Å². The van der Waals surface area contributed by atoms with Crippen molar-refractivity contribution < 1.29 is 9.59 Å². The molecule has 1 saturated carbocycles. The normalized spacial score (nSPS) is 13.3. The molecule has 29 heavy (non-hydrogen) atoms. The number of aromatic nitrogens is 3. The highest BCUT2D eigenvalue weighted by molar-refractivity contribution is 7.99. The fraction of sp³-hybridized carbons (Fsp3) is 0.300. The lowest BCUT2D eigenvalue weighted by molar-refractivity contribution is -0.117. The molecule has 150 valence electrons. The number of carbonyl (C=O) groups is 2. The SMILES string of the molecule is Cc1cccc(NC(=O)NC(=O)CSc2nnc(-c3cccs3)n2C2CC2)c1C. The third-order valence-corrected chi connectivity index (χ3v) is 6.57. The quantitative estimate of drug-likeness (QED) is 0.569. The van der Waals surface area contributed by atoms with E-state index >= 15 is 0 Å². The minimum absolute atomic E-state index is 0.0928. The second-order valence-corrected chi connectivity index (χ2v) is 8.81. The van der Waals surface area contributed by atoms with Crippen LogP contribution in [0.15, 0.2) is 40.9 Å². The van der Waals surface area contributed by atoms with E-state index in [9.17, 15) is 9.59 Å². The first-order chi connectivity index (χ1) is 14.0. The van der Waals surface area contributed by atoms with E-state index < -0.39 is 6.03 Å². The van der Waals surface area contributed by atoms with Gasteiger partial charge in [0.2, 0.25) is 5.91 Å². The van der Waals surface area contributed by atoms with E-state index in [1.807, 2.05) is 49.6 Å². The zero-order chi connectivity index (χ0) is 20.4. The lowest BCUT2D eigenvalue weighted by atomic mass is 10.1. The summed E-state index contributed by atoms with van der Waals surface area (Å²) in [5.74, 6) is 0.564. The summed E-state index contributed by atoms with van der Waals surface area (Å²) >= 11 is 2.92. The number of thioether (sulfide) groups is 1. The molecule has 1 aliphatic carbocycles. The van der Waals surface area contributed by atoms with Gasteiger partial charge in [-0.15, -0.1) is 21.5 Å². The number of carbonyl (C=O) groups excluding carboxylic acids is 2. The summed E-state index contributed by atoms with van der Waals surface area (Å²) < 4.78 is 2.11. The number of thiophene rings is 1. The number of hydrogen-bond acceptors (Lipinski definition) is 6. The van der Waals surface area contributed by atoms with E-state index in [2.05, 4.69) is 25.4 Å². The van der Waals surface area contributed by atoms with Crippen molar-refractivity contribution in [3.8, 4) is 10.7 Å². The molecule has 1 aromatic carbocycles. The number of aryl methyl sites for hydroxylation is 1. The molecule has 3 amide bonds. The predicted octanol–water partition coefficient (Wildman–Crippen LogP) is 4.40. The molecule has 2 N–H and O–H groups in total. The van der Waals surface area contributed by atoms with E-state index in [0.717, 1.165) is 34.7 Å². The minimum Gasteiger partial charge on any atom is -0.307 e. The van der Waals surface area contributed by atoms with E-state index in [1.165, 1.54) is 11.8 Å². The van der Waals surface area contributed by atoms with Gasteiger partial charge in [0.1, 0.15) is 0 Å². The monoisotopic (exact) mass is 427 g/mol. The van der Waals surface area contributed by atoms with Crippen molar-refractivity contribution in [3.05, 3.63) is 46.8 Å². The Kier molecular flexibility index (Phi) is 5.68. The van der Waals surface area contributed by atoms with Crippen LogP contribution in [0.3, 0.4) is 0 Å². The Balaban J connectivity index is 1.36. The van der Waals surface area contributed by atoms with Crippen LogP contribution < -0.4 is 10.6 Å². The van der Waals surface area contributed by atoms with Crippen LogP contribution in [0.25, 0.3) is 10.7 Å². The van der Waals surface area contributed by atoms with Crippen molar-refractivity contribution in [1.29, 1.82) is 0 Å². The molecule has 7 nitrogen and oxygen atoms in total. The predicted molar refractivity (Wildman–Crippen MR) is 115 cm³/mol. The van der Waals surface area contributed by atoms with Crippen molar-refractivity contribution >= 4 is 40.7 Å². The molecule has 3 aromatic rings. The van der Waals surface area contributed by atoms with Gasteiger partial charge in [0.05, 0.1) is 10.6 Å². The van der Waals surface area contributed by atoms with Gasteiger partial charge < -0.3 is 5.32 Å². The Hall–Kier alpha value is -2.65. The molecule has 0 aliphatic heterocycles. The smallest absolute Gasteiger partial charge is 0.307 e. The maximum atomic E-state index is 12.3. The number of imide groups is 1. The fourth-order valence-corrected chi connectivity index (χ4v) is 4.46. The second-order valence-electron chi connectivity index (χ2n) is 6.92. The van der Waals surface area contributed by atoms with Crippen molar-refractivity contribution in [1.82, 2.24) is 20.1 Å². The lowest BCUT2D eigenvalue weighted by Crippen LogP contribution is -2.35. The zero-order valence-corrected chi connectivity index (χ0v) is 17.8. The molecule has 0 bridgehead atoms. The summed E-state index contributed by atoms with van der Waals surface area (Å²) in [5.41, 5.74) is 2.74. The van der Waals surface area contributed by atoms with Gasteiger partial charge in [-0.3, -0.25) is 14.7 Å². The average molecular weight is 428 g/mol. The molecule has 2 heterocycles. The maximum absolute atomic E-state index is 12.3. The van der Waals surface area contributed by atoms with Crippen LogP contribution in [-0.4, -0.2) is 32.5 Å². The number of benzene rings is 1. The Morgan fingerprint density at radius 1 is 1.21 bits per heavy atom. The second kappa shape index (κ2) is 8.38. The third kappa shape index (κ3) is 4.51. The summed E-state index contributed by atoms with van der Waals surface area (Å²) in [6.45, 7) is 3.90. The van der Waals surface area contributed by atoms with Crippen molar-refractivity contribution in [2.45, 2.75) is 37.9 Å². The van der Waals surface area contributed by atoms with Gasteiger partial charge in [-0.25, -0.2) is 4.79 Å². The molecule has 1 aliphatic rings. The third-order valence-electron chi connectivity index (χ3n) is 4.76. The van der Waals surface area contributed by atoms with Crippen LogP contribution in [0.5, 0.6) is 0 Å². The molecular formula is C20H21N5O2S2. The van der Waals surface area contributed by atoms with Gasteiger partial charge in [0.15, 0.2) is 11.0 Å². The van der Waals surface area contributed by atoms with Gasteiger partial charge in [-0.2, -0.15) is 0 Å². The summed E-state index contributed by atoms with van der Waals surface area (Å²) in [5, 5.41) is 16.4. The minimum atomic E-state index is -0.535. The highest BCUT2D eigenvalue weighted by Crippen LogP contribution is 2.41. The van der Waals surface area contributed by atoms with Crippen molar-refractivity contribution in [3.63, 3.8) is 0 Å². The molecule has 2 aromatic heterocycles. The van der Waals surface area contributed by atoms with Gasteiger partial charge in [-0.1, -0.05) is 30.0 Å². The largest absolute Gasteiger partial charge is 0.325 e. The Bertz CT molecular complexity index is 1040. The van der Waals surface area contributed by atoms with E-state index in [1.54, 1.807) is 11.3 Å².